The van der Waals surface area contributed by atoms with Gasteiger partial charge in [0.05, 0.1) is 18.4 Å². The van der Waals surface area contributed by atoms with Crippen molar-refractivity contribution < 1.29 is 28.8 Å². The molecule has 316 valence electrons. The van der Waals surface area contributed by atoms with E-state index in [9.17, 15) is 28.8 Å². The van der Waals surface area contributed by atoms with Crippen LogP contribution in [-0.4, -0.2) is 112 Å². The van der Waals surface area contributed by atoms with Gasteiger partial charge in [0.1, 0.15) is 29.5 Å². The summed E-state index contributed by atoms with van der Waals surface area (Å²) in [6.45, 7) is 12.9. The topological polar surface area (TPSA) is 202 Å². The minimum atomic E-state index is -1.40. The van der Waals surface area contributed by atoms with Crippen LogP contribution in [0.25, 0.3) is 0 Å². The predicted octanol–water partition coefficient (Wildman–Crippen LogP) is 3.76. The van der Waals surface area contributed by atoms with Gasteiger partial charge in [0, 0.05) is 56.9 Å². The van der Waals surface area contributed by atoms with Gasteiger partial charge in [-0.15, -0.1) is 0 Å². The number of aromatic nitrogens is 3. The van der Waals surface area contributed by atoms with Crippen molar-refractivity contribution >= 4 is 58.7 Å². The summed E-state index contributed by atoms with van der Waals surface area (Å²) in [5.41, 5.74) is 1.50. The largest absolute Gasteiger partial charge is 0.347 e. The van der Waals surface area contributed by atoms with Crippen molar-refractivity contribution in [3.05, 3.63) is 65.6 Å². The standard InChI is InChI=1S/C42H57N11O6/c1-24(2)19-30(37(56)50(8)9)46-39(58)42(6,7)49-36(55)31-14-12-18-52(31)38(57)33(25(3)4)47-35(54)27-16-15-26(5)32(20-27)53-23-28-21-44-40(45-29-13-11-17-43-22-29)48-34(28)51(10)41(53)59/h11,13,15-17,20-22,24-25,30-31,33H,12,14,18-19,23H2,1-10H3,(H,46,58)(H,47,54)(H,49,55)(H,44,45,48)/t30-,31+,33-/m0/s1. The number of anilines is 4. The van der Waals surface area contributed by atoms with Crippen molar-refractivity contribution in [2.24, 2.45) is 11.8 Å². The van der Waals surface area contributed by atoms with Gasteiger partial charge >= 0.3 is 6.03 Å². The van der Waals surface area contributed by atoms with Crippen LogP contribution in [0.3, 0.4) is 0 Å². The minimum absolute atomic E-state index is 0.133. The Morgan fingerprint density at radius 3 is 2.39 bits per heavy atom. The summed E-state index contributed by atoms with van der Waals surface area (Å²) < 4.78 is 0. The van der Waals surface area contributed by atoms with Gasteiger partial charge < -0.3 is 31.1 Å². The number of benzene rings is 1. The molecule has 17 nitrogen and oxygen atoms in total. The lowest BCUT2D eigenvalue weighted by Crippen LogP contribution is -2.62. The number of rotatable bonds is 14. The van der Waals surface area contributed by atoms with E-state index in [1.54, 1.807) is 82.7 Å². The summed E-state index contributed by atoms with van der Waals surface area (Å²) in [4.78, 5) is 101. The average molecular weight is 812 g/mol. The van der Waals surface area contributed by atoms with Crippen molar-refractivity contribution in [2.45, 2.75) is 97.9 Å². The molecule has 17 heteroatoms. The Bertz CT molecular complexity index is 2070. The molecule has 59 heavy (non-hydrogen) atoms. The van der Waals surface area contributed by atoms with Crippen LogP contribution in [0.4, 0.5) is 27.9 Å². The molecule has 4 heterocycles. The fourth-order valence-electron chi connectivity index (χ4n) is 7.18. The van der Waals surface area contributed by atoms with Crippen LogP contribution in [0, 0.1) is 18.8 Å². The number of amides is 7. The van der Waals surface area contributed by atoms with E-state index in [0.717, 1.165) is 5.56 Å². The maximum absolute atomic E-state index is 14.2. The molecule has 0 radical (unpaired) electrons. The van der Waals surface area contributed by atoms with E-state index in [4.69, 9.17) is 0 Å². The highest BCUT2D eigenvalue weighted by Crippen LogP contribution is 2.33. The number of likely N-dealkylation sites (tertiary alicyclic amines) is 1. The molecular formula is C42H57N11O6. The molecular weight excluding hydrogens is 755 g/mol. The van der Waals surface area contributed by atoms with Gasteiger partial charge in [0.15, 0.2) is 0 Å². The molecule has 4 N–H and O–H groups in total. The molecule has 1 fully saturated rings. The van der Waals surface area contributed by atoms with E-state index in [1.165, 1.54) is 14.7 Å². The normalized spacial score (nSPS) is 16.4. The molecule has 0 aliphatic carbocycles. The lowest BCUT2D eigenvalue weighted by molar-refractivity contribution is -0.143. The fourth-order valence-corrected chi connectivity index (χ4v) is 7.18. The second-order valence-electron chi connectivity index (χ2n) is 16.7. The number of pyridine rings is 1. The molecule has 0 spiro atoms. The number of carbonyl (C=O) groups excluding carboxylic acids is 6. The van der Waals surface area contributed by atoms with Crippen molar-refractivity contribution in [3.63, 3.8) is 0 Å². The smallest absolute Gasteiger partial charge is 0.330 e. The van der Waals surface area contributed by atoms with Crippen LogP contribution >= 0.6 is 0 Å². The Balaban J connectivity index is 1.28. The fraction of sp³-hybridized carbons (Fsp3) is 0.500. The monoisotopic (exact) mass is 811 g/mol. The Hall–Kier alpha value is -6.13. The molecule has 2 aromatic heterocycles. The molecule has 1 aromatic carbocycles. The zero-order valence-electron chi connectivity index (χ0n) is 35.6. The van der Waals surface area contributed by atoms with Crippen molar-refractivity contribution in [3.8, 4) is 0 Å². The molecule has 0 bridgehead atoms. The number of nitrogens with zero attached hydrogens (tertiary/aromatic N) is 7. The SMILES string of the molecule is Cc1ccc(C(=O)N[C@H](C(=O)N2CCC[C@@H]2C(=O)NC(C)(C)C(=O)N[C@@H](CC(C)C)C(=O)N(C)C)C(C)C)cc1N1Cc2cnc(Nc3cccnc3)nc2N(C)C1=O. The molecule has 2 aliphatic heterocycles. The highest BCUT2D eigenvalue weighted by Gasteiger charge is 2.42. The molecule has 2 aliphatic rings. The molecule has 7 amide bonds. The van der Waals surface area contributed by atoms with E-state index in [-0.39, 0.29) is 35.9 Å². The molecule has 0 unspecified atom stereocenters. The summed E-state index contributed by atoms with van der Waals surface area (Å²) in [6.07, 6.45) is 6.31. The van der Waals surface area contributed by atoms with E-state index in [0.29, 0.717) is 54.5 Å². The molecule has 5 rings (SSSR count). The van der Waals surface area contributed by atoms with Crippen LogP contribution in [0.15, 0.2) is 48.9 Å². The van der Waals surface area contributed by atoms with Crippen LogP contribution in [0.5, 0.6) is 0 Å². The minimum Gasteiger partial charge on any atom is -0.347 e. The van der Waals surface area contributed by atoms with E-state index >= 15 is 0 Å². The summed E-state index contributed by atoms with van der Waals surface area (Å²) in [7, 11) is 4.87. The third-order valence-corrected chi connectivity index (χ3v) is 10.5. The van der Waals surface area contributed by atoms with Gasteiger partial charge in [0.25, 0.3) is 5.91 Å². The first-order chi connectivity index (χ1) is 27.8. The van der Waals surface area contributed by atoms with Gasteiger partial charge in [-0.3, -0.25) is 38.8 Å². The zero-order chi connectivity index (χ0) is 43.3. The second-order valence-corrected chi connectivity index (χ2v) is 16.7. The predicted molar refractivity (Wildman–Crippen MR) is 224 cm³/mol. The summed E-state index contributed by atoms with van der Waals surface area (Å²) >= 11 is 0. The third-order valence-electron chi connectivity index (χ3n) is 10.5. The Kier molecular flexibility index (Phi) is 13.6. The third kappa shape index (κ3) is 10.1. The molecule has 3 aromatic rings. The Morgan fingerprint density at radius 2 is 1.75 bits per heavy atom. The van der Waals surface area contributed by atoms with E-state index in [1.807, 2.05) is 40.7 Å². The Labute approximate surface area is 345 Å². The van der Waals surface area contributed by atoms with Gasteiger partial charge in [-0.2, -0.15) is 4.98 Å². The highest BCUT2D eigenvalue weighted by atomic mass is 16.2. The molecule has 1 saturated heterocycles. The number of hydrogen-bond donors (Lipinski definition) is 4. The lowest BCUT2D eigenvalue weighted by atomic mass is 9.98. The second kappa shape index (κ2) is 18.2. The first kappa shape index (κ1) is 44.0. The van der Waals surface area contributed by atoms with Crippen molar-refractivity contribution in [1.29, 1.82) is 0 Å². The quantitative estimate of drug-likeness (QED) is 0.186. The number of aryl methyl sites for hydroxylation is 1. The molecule has 3 atom stereocenters. The van der Waals surface area contributed by atoms with Gasteiger partial charge in [0.2, 0.25) is 29.6 Å². The number of carbonyl (C=O) groups is 6. The van der Waals surface area contributed by atoms with Gasteiger partial charge in [-0.05, 0) is 81.7 Å². The Morgan fingerprint density at radius 1 is 1.02 bits per heavy atom. The van der Waals surface area contributed by atoms with Gasteiger partial charge in [-0.25, -0.2) is 9.78 Å². The summed E-state index contributed by atoms with van der Waals surface area (Å²) in [5, 5.41) is 11.6. The van der Waals surface area contributed by atoms with Crippen LogP contribution in [0.1, 0.15) is 82.3 Å². The summed E-state index contributed by atoms with van der Waals surface area (Å²) in [5.74, 6) is -1.67. The van der Waals surface area contributed by atoms with Crippen molar-refractivity contribution in [1.82, 2.24) is 40.7 Å². The number of hydrogen-bond acceptors (Lipinski definition) is 10. The van der Waals surface area contributed by atoms with Crippen LogP contribution in [-0.2, 0) is 25.7 Å². The zero-order valence-corrected chi connectivity index (χ0v) is 35.6. The highest BCUT2D eigenvalue weighted by molar-refractivity contribution is 6.07. The number of likely N-dealkylation sites (N-methyl/N-ethyl adjacent to an activating group) is 1. The summed E-state index contributed by atoms with van der Waals surface area (Å²) in [6, 6.07) is 5.65. The van der Waals surface area contributed by atoms with Crippen molar-refractivity contribution in [2.75, 3.05) is 42.8 Å². The maximum atomic E-state index is 14.2. The number of fused-ring (bicyclic) bond motifs is 1. The first-order valence-corrected chi connectivity index (χ1v) is 19.9. The van der Waals surface area contributed by atoms with Crippen LogP contribution in [0.2, 0.25) is 0 Å². The first-order valence-electron chi connectivity index (χ1n) is 19.9. The average Bonchev–Trinajstić information content (AvgIpc) is 3.68. The van der Waals surface area contributed by atoms with E-state index < -0.39 is 47.3 Å². The van der Waals surface area contributed by atoms with E-state index in [2.05, 4.69) is 36.2 Å². The molecule has 0 saturated carbocycles. The van der Waals surface area contributed by atoms with Gasteiger partial charge in [-0.1, -0.05) is 33.8 Å². The van der Waals surface area contributed by atoms with Crippen LogP contribution < -0.4 is 31.1 Å². The number of nitrogens with one attached hydrogen (secondary N) is 4. The maximum Gasteiger partial charge on any atom is 0.330 e. The lowest BCUT2D eigenvalue weighted by Gasteiger charge is -2.35. The number of urea groups is 1.